The summed E-state index contributed by atoms with van der Waals surface area (Å²) in [4.78, 5) is 8.69. The highest BCUT2D eigenvalue weighted by Crippen LogP contribution is 2.37. The number of benzene rings is 1. The third-order valence-corrected chi connectivity index (χ3v) is 4.19. The molecule has 0 unspecified atom stereocenters. The van der Waals surface area contributed by atoms with Gasteiger partial charge >= 0.3 is 0 Å². The largest absolute Gasteiger partial charge is 0.497 e. The van der Waals surface area contributed by atoms with E-state index in [1.54, 1.807) is 26.6 Å². The van der Waals surface area contributed by atoms with E-state index in [1.807, 2.05) is 36.4 Å². The fourth-order valence-electron chi connectivity index (χ4n) is 2.91. The molecule has 0 aliphatic rings. The highest BCUT2D eigenvalue weighted by molar-refractivity contribution is 6.01. The van der Waals surface area contributed by atoms with Gasteiger partial charge in [-0.3, -0.25) is 10.1 Å². The molecule has 0 bridgehead atoms. The van der Waals surface area contributed by atoms with Gasteiger partial charge in [0.1, 0.15) is 17.3 Å². The van der Waals surface area contributed by atoms with Gasteiger partial charge in [-0.25, -0.2) is 4.98 Å². The summed E-state index contributed by atoms with van der Waals surface area (Å²) in [6.07, 6.45) is 3.46. The molecule has 7 heteroatoms. The average molecular weight is 347 g/mol. The van der Waals surface area contributed by atoms with Crippen LogP contribution in [0.1, 0.15) is 0 Å². The van der Waals surface area contributed by atoms with Crippen LogP contribution in [0.5, 0.6) is 11.5 Å². The van der Waals surface area contributed by atoms with Gasteiger partial charge in [-0.05, 0) is 41.5 Å². The number of H-pyrrole nitrogens is 1. The van der Waals surface area contributed by atoms with E-state index in [0.29, 0.717) is 23.0 Å². The molecule has 26 heavy (non-hydrogen) atoms. The Balaban J connectivity index is 2.01. The van der Waals surface area contributed by atoms with Gasteiger partial charge in [0.15, 0.2) is 5.65 Å². The predicted molar refractivity (Wildman–Crippen MR) is 100 cm³/mol. The molecule has 0 aliphatic carbocycles. The standard InChI is InChI=1S/C19H17N5O2/c1-25-13-7-12(8-14(9-13)26-2)15-10-16(11-3-5-21-6-4-11)22-19-17(15)18(20)23-24-19/h3-10H,1-2H3,(H3,20,22,23,24). The number of rotatable bonds is 4. The lowest BCUT2D eigenvalue weighted by Crippen LogP contribution is -1.93. The number of pyridine rings is 2. The number of anilines is 1. The summed E-state index contributed by atoms with van der Waals surface area (Å²) in [7, 11) is 3.24. The van der Waals surface area contributed by atoms with Gasteiger partial charge in [-0.15, -0.1) is 0 Å². The van der Waals surface area contributed by atoms with Crippen LogP contribution in [0.3, 0.4) is 0 Å². The molecule has 0 aliphatic heterocycles. The van der Waals surface area contributed by atoms with Crippen LogP contribution in [0.2, 0.25) is 0 Å². The smallest absolute Gasteiger partial charge is 0.184 e. The van der Waals surface area contributed by atoms with E-state index in [4.69, 9.17) is 15.2 Å². The van der Waals surface area contributed by atoms with Crippen molar-refractivity contribution in [3.8, 4) is 33.9 Å². The Bertz CT molecular complexity index is 1050. The molecule has 4 aromatic rings. The van der Waals surface area contributed by atoms with Crippen molar-refractivity contribution in [3.05, 3.63) is 48.8 Å². The van der Waals surface area contributed by atoms with Gasteiger partial charge in [0, 0.05) is 24.0 Å². The zero-order valence-corrected chi connectivity index (χ0v) is 14.4. The number of nitrogens with one attached hydrogen (secondary N) is 1. The number of ether oxygens (including phenoxy) is 2. The van der Waals surface area contributed by atoms with Crippen LogP contribution in [-0.2, 0) is 0 Å². The molecule has 0 atom stereocenters. The van der Waals surface area contributed by atoms with Gasteiger partial charge in [0.05, 0.1) is 25.3 Å². The van der Waals surface area contributed by atoms with Crippen molar-refractivity contribution in [2.24, 2.45) is 0 Å². The van der Waals surface area contributed by atoms with Crippen LogP contribution in [0.25, 0.3) is 33.4 Å². The van der Waals surface area contributed by atoms with E-state index in [9.17, 15) is 0 Å². The van der Waals surface area contributed by atoms with Gasteiger partial charge in [0.25, 0.3) is 0 Å². The molecule has 7 nitrogen and oxygen atoms in total. The second-order valence-corrected chi connectivity index (χ2v) is 5.73. The van der Waals surface area contributed by atoms with E-state index < -0.39 is 0 Å². The molecule has 3 heterocycles. The van der Waals surface area contributed by atoms with Crippen LogP contribution in [-0.4, -0.2) is 34.4 Å². The lowest BCUT2D eigenvalue weighted by atomic mass is 10.00. The normalized spacial score (nSPS) is 10.8. The number of hydrogen-bond donors (Lipinski definition) is 2. The van der Waals surface area contributed by atoms with Crippen LogP contribution in [0.15, 0.2) is 48.8 Å². The van der Waals surface area contributed by atoms with Crippen LogP contribution in [0, 0.1) is 0 Å². The van der Waals surface area contributed by atoms with Gasteiger partial charge in [-0.2, -0.15) is 5.10 Å². The molecule has 1 aromatic carbocycles. The topological polar surface area (TPSA) is 98.9 Å². The molecule has 130 valence electrons. The second kappa shape index (κ2) is 6.36. The maximum atomic E-state index is 6.11. The van der Waals surface area contributed by atoms with Crippen LogP contribution < -0.4 is 15.2 Å². The molecular weight excluding hydrogens is 330 g/mol. The minimum Gasteiger partial charge on any atom is -0.497 e. The summed E-state index contributed by atoms with van der Waals surface area (Å²) in [5.74, 6) is 1.85. The number of fused-ring (bicyclic) bond motifs is 1. The molecule has 3 aromatic heterocycles. The van der Waals surface area contributed by atoms with Gasteiger partial charge in [-0.1, -0.05) is 0 Å². The van der Waals surface area contributed by atoms with Crippen LogP contribution in [0.4, 0.5) is 5.82 Å². The number of hydrogen-bond acceptors (Lipinski definition) is 6. The van der Waals surface area contributed by atoms with Crippen molar-refractivity contribution >= 4 is 16.9 Å². The van der Waals surface area contributed by atoms with E-state index in [-0.39, 0.29) is 0 Å². The Morgan fingerprint density at radius 1 is 0.923 bits per heavy atom. The summed E-state index contributed by atoms with van der Waals surface area (Å²) in [6.45, 7) is 0. The van der Waals surface area contributed by atoms with Gasteiger partial charge in [0.2, 0.25) is 0 Å². The van der Waals surface area contributed by atoms with Crippen molar-refractivity contribution in [1.29, 1.82) is 0 Å². The van der Waals surface area contributed by atoms with Crippen molar-refractivity contribution in [2.75, 3.05) is 20.0 Å². The van der Waals surface area contributed by atoms with Crippen molar-refractivity contribution < 1.29 is 9.47 Å². The highest BCUT2D eigenvalue weighted by Gasteiger charge is 2.16. The summed E-state index contributed by atoms with van der Waals surface area (Å²) < 4.78 is 10.8. The number of nitrogen functional groups attached to an aromatic ring is 1. The van der Waals surface area contributed by atoms with E-state index in [1.165, 1.54) is 0 Å². The minimum absolute atomic E-state index is 0.463. The number of aromatic nitrogens is 4. The summed E-state index contributed by atoms with van der Waals surface area (Å²) in [5.41, 5.74) is 10.2. The van der Waals surface area contributed by atoms with E-state index in [2.05, 4.69) is 20.2 Å². The van der Waals surface area contributed by atoms with E-state index >= 15 is 0 Å². The monoisotopic (exact) mass is 347 g/mol. The van der Waals surface area contributed by atoms with Crippen LogP contribution >= 0.6 is 0 Å². The Hall–Kier alpha value is -3.61. The molecule has 0 fully saturated rings. The Morgan fingerprint density at radius 3 is 2.27 bits per heavy atom. The number of nitrogens with two attached hydrogens (primary N) is 1. The molecular formula is C19H17N5O2. The summed E-state index contributed by atoms with van der Waals surface area (Å²) >= 11 is 0. The Morgan fingerprint density at radius 2 is 1.62 bits per heavy atom. The first kappa shape index (κ1) is 15.9. The Labute approximate surface area is 149 Å². The molecule has 0 saturated carbocycles. The molecule has 0 spiro atoms. The SMILES string of the molecule is COc1cc(OC)cc(-c2cc(-c3ccncc3)nc3n[nH]c(N)c23)c1. The van der Waals surface area contributed by atoms with Gasteiger partial charge < -0.3 is 15.2 Å². The first-order valence-corrected chi connectivity index (χ1v) is 7.98. The van der Waals surface area contributed by atoms with Crippen molar-refractivity contribution in [3.63, 3.8) is 0 Å². The lowest BCUT2D eigenvalue weighted by molar-refractivity contribution is 0.394. The number of nitrogens with zero attached hydrogens (tertiary/aromatic N) is 3. The fourth-order valence-corrected chi connectivity index (χ4v) is 2.91. The minimum atomic E-state index is 0.463. The molecule has 0 amide bonds. The summed E-state index contributed by atoms with van der Waals surface area (Å²) in [6, 6.07) is 11.5. The van der Waals surface area contributed by atoms with Crippen molar-refractivity contribution in [2.45, 2.75) is 0 Å². The molecule has 3 N–H and O–H groups in total. The fraction of sp³-hybridized carbons (Fsp3) is 0.105. The zero-order chi connectivity index (χ0) is 18.1. The third kappa shape index (κ3) is 2.69. The first-order valence-electron chi connectivity index (χ1n) is 7.98. The van der Waals surface area contributed by atoms with E-state index in [0.717, 1.165) is 27.8 Å². The molecule has 0 radical (unpaired) electrons. The predicted octanol–water partition coefficient (Wildman–Crippen LogP) is 3.29. The first-order chi connectivity index (χ1) is 12.7. The quantitative estimate of drug-likeness (QED) is 0.588. The molecule has 4 rings (SSSR count). The highest BCUT2D eigenvalue weighted by atomic mass is 16.5. The third-order valence-electron chi connectivity index (χ3n) is 4.19. The zero-order valence-electron chi connectivity index (χ0n) is 14.4. The Kier molecular flexibility index (Phi) is 3.89. The number of methoxy groups -OCH3 is 2. The second-order valence-electron chi connectivity index (χ2n) is 5.73. The lowest BCUT2D eigenvalue weighted by Gasteiger charge is -2.11. The summed E-state index contributed by atoms with van der Waals surface area (Å²) in [5, 5.41) is 7.81. The maximum Gasteiger partial charge on any atom is 0.184 e. The molecule has 0 saturated heterocycles. The average Bonchev–Trinajstić information content (AvgIpc) is 3.08. The maximum absolute atomic E-state index is 6.11. The number of aromatic amines is 1. The van der Waals surface area contributed by atoms with Crippen molar-refractivity contribution in [1.82, 2.24) is 20.2 Å².